The van der Waals surface area contributed by atoms with Gasteiger partial charge < -0.3 is 15.4 Å². The maximum atomic E-state index is 11.7. The number of aromatic nitrogens is 2. The first kappa shape index (κ1) is 18.5. The van der Waals surface area contributed by atoms with Gasteiger partial charge in [-0.15, -0.1) is 0 Å². The SMILES string of the molecule is CCCC(CNC(=O)OC(C)(C)C)NCc1cnn(C)c1C. The minimum absolute atomic E-state index is 0.220. The number of hydrogen-bond donors (Lipinski definition) is 2. The largest absolute Gasteiger partial charge is 0.444 e. The summed E-state index contributed by atoms with van der Waals surface area (Å²) in [7, 11) is 1.94. The highest BCUT2D eigenvalue weighted by Crippen LogP contribution is 2.08. The van der Waals surface area contributed by atoms with E-state index in [0.717, 1.165) is 25.1 Å². The molecule has 0 spiro atoms. The van der Waals surface area contributed by atoms with E-state index in [1.165, 1.54) is 5.56 Å². The molecular weight excluding hydrogens is 280 g/mol. The lowest BCUT2D eigenvalue weighted by Gasteiger charge is -2.22. The monoisotopic (exact) mass is 310 g/mol. The van der Waals surface area contributed by atoms with Crippen molar-refractivity contribution in [3.63, 3.8) is 0 Å². The molecule has 22 heavy (non-hydrogen) atoms. The van der Waals surface area contributed by atoms with Gasteiger partial charge in [0.25, 0.3) is 0 Å². The van der Waals surface area contributed by atoms with Crippen molar-refractivity contribution in [2.24, 2.45) is 7.05 Å². The summed E-state index contributed by atoms with van der Waals surface area (Å²) in [5.74, 6) is 0. The lowest BCUT2D eigenvalue weighted by Crippen LogP contribution is -2.42. The van der Waals surface area contributed by atoms with Crippen LogP contribution in [0.15, 0.2) is 6.20 Å². The summed E-state index contributed by atoms with van der Waals surface area (Å²) in [4.78, 5) is 11.7. The molecule has 1 rings (SSSR count). The first-order valence-electron chi connectivity index (χ1n) is 7.90. The molecule has 0 radical (unpaired) electrons. The standard InChI is InChI=1S/C16H30N4O2/c1-7-8-14(11-18-15(21)22-16(3,4)5)17-9-13-10-19-20(6)12(13)2/h10,14,17H,7-9,11H2,1-6H3,(H,18,21). The topological polar surface area (TPSA) is 68.2 Å². The number of nitrogens with zero attached hydrogens (tertiary/aromatic N) is 2. The highest BCUT2D eigenvalue weighted by Gasteiger charge is 2.17. The van der Waals surface area contributed by atoms with E-state index in [0.29, 0.717) is 6.54 Å². The molecule has 1 unspecified atom stereocenters. The quantitative estimate of drug-likeness (QED) is 0.812. The van der Waals surface area contributed by atoms with Crippen LogP contribution in [0.3, 0.4) is 0 Å². The molecule has 0 aliphatic heterocycles. The molecule has 0 aromatic carbocycles. The van der Waals surface area contributed by atoms with Crippen molar-refractivity contribution >= 4 is 6.09 Å². The highest BCUT2D eigenvalue weighted by molar-refractivity contribution is 5.67. The van der Waals surface area contributed by atoms with Gasteiger partial charge >= 0.3 is 6.09 Å². The van der Waals surface area contributed by atoms with Crippen LogP contribution in [0.4, 0.5) is 4.79 Å². The van der Waals surface area contributed by atoms with Gasteiger partial charge in [0.1, 0.15) is 5.60 Å². The van der Waals surface area contributed by atoms with Crippen LogP contribution >= 0.6 is 0 Å². The Bertz CT molecular complexity index is 477. The molecule has 0 aliphatic carbocycles. The molecule has 0 fully saturated rings. The molecule has 1 heterocycles. The van der Waals surface area contributed by atoms with Gasteiger partial charge in [-0.05, 0) is 34.1 Å². The molecular formula is C16H30N4O2. The van der Waals surface area contributed by atoms with Crippen molar-refractivity contribution in [3.8, 4) is 0 Å². The van der Waals surface area contributed by atoms with E-state index in [1.807, 2.05) is 38.7 Å². The number of carbonyl (C=O) groups is 1. The summed E-state index contributed by atoms with van der Waals surface area (Å²) in [5.41, 5.74) is 1.87. The van der Waals surface area contributed by atoms with Gasteiger partial charge in [-0.3, -0.25) is 4.68 Å². The zero-order chi connectivity index (χ0) is 16.8. The summed E-state index contributed by atoms with van der Waals surface area (Å²) in [5, 5.41) is 10.6. The molecule has 1 aromatic heterocycles. The third kappa shape index (κ3) is 6.47. The Morgan fingerprint density at radius 3 is 2.64 bits per heavy atom. The summed E-state index contributed by atoms with van der Waals surface area (Å²) in [6, 6.07) is 0.220. The van der Waals surface area contributed by atoms with Gasteiger partial charge in [0, 0.05) is 37.4 Å². The van der Waals surface area contributed by atoms with Gasteiger partial charge in [-0.25, -0.2) is 4.79 Å². The molecule has 1 aromatic rings. The Morgan fingerprint density at radius 2 is 2.14 bits per heavy atom. The number of rotatable bonds is 7. The van der Waals surface area contributed by atoms with E-state index >= 15 is 0 Å². The molecule has 6 heteroatoms. The number of carbonyl (C=O) groups excluding carboxylic acids is 1. The van der Waals surface area contributed by atoms with Crippen molar-refractivity contribution < 1.29 is 9.53 Å². The Morgan fingerprint density at radius 1 is 1.45 bits per heavy atom. The summed E-state index contributed by atoms with van der Waals surface area (Å²) in [6.45, 7) is 11.1. The lowest BCUT2D eigenvalue weighted by atomic mass is 10.1. The molecule has 1 amide bonds. The Labute approximate surface area is 133 Å². The van der Waals surface area contributed by atoms with Crippen LogP contribution in [-0.4, -0.2) is 34.1 Å². The molecule has 6 nitrogen and oxygen atoms in total. The maximum absolute atomic E-state index is 11.7. The highest BCUT2D eigenvalue weighted by atomic mass is 16.6. The fourth-order valence-corrected chi connectivity index (χ4v) is 2.12. The first-order chi connectivity index (χ1) is 10.2. The number of amides is 1. The zero-order valence-corrected chi connectivity index (χ0v) is 14.7. The average molecular weight is 310 g/mol. The number of alkyl carbamates (subject to hydrolysis) is 1. The number of hydrogen-bond acceptors (Lipinski definition) is 4. The second-order valence-electron chi connectivity index (χ2n) is 6.63. The van der Waals surface area contributed by atoms with E-state index < -0.39 is 5.60 Å². The van der Waals surface area contributed by atoms with E-state index in [4.69, 9.17) is 4.74 Å². The average Bonchev–Trinajstić information content (AvgIpc) is 2.71. The normalized spacial score (nSPS) is 13.0. The third-order valence-electron chi connectivity index (χ3n) is 3.45. The van der Waals surface area contributed by atoms with Crippen molar-refractivity contribution in [3.05, 3.63) is 17.5 Å². The molecule has 1 atom stereocenters. The fourth-order valence-electron chi connectivity index (χ4n) is 2.12. The predicted molar refractivity (Wildman–Crippen MR) is 87.7 cm³/mol. The van der Waals surface area contributed by atoms with Crippen LogP contribution in [-0.2, 0) is 18.3 Å². The summed E-state index contributed by atoms with van der Waals surface area (Å²) in [6.07, 6.45) is 3.56. The number of aryl methyl sites for hydroxylation is 1. The Balaban J connectivity index is 2.45. The molecule has 0 saturated heterocycles. The van der Waals surface area contributed by atoms with Gasteiger partial charge in [-0.2, -0.15) is 5.10 Å². The van der Waals surface area contributed by atoms with Crippen LogP contribution in [0.5, 0.6) is 0 Å². The van der Waals surface area contributed by atoms with Crippen molar-refractivity contribution in [2.75, 3.05) is 6.54 Å². The Hall–Kier alpha value is -1.56. The zero-order valence-electron chi connectivity index (χ0n) is 14.7. The van der Waals surface area contributed by atoms with Gasteiger partial charge in [0.2, 0.25) is 0 Å². The van der Waals surface area contributed by atoms with Crippen molar-refractivity contribution in [2.45, 2.75) is 65.6 Å². The molecule has 2 N–H and O–H groups in total. The minimum Gasteiger partial charge on any atom is -0.444 e. The van der Waals surface area contributed by atoms with Crippen LogP contribution in [0, 0.1) is 6.92 Å². The summed E-state index contributed by atoms with van der Waals surface area (Å²) < 4.78 is 7.13. The van der Waals surface area contributed by atoms with Crippen LogP contribution in [0.2, 0.25) is 0 Å². The summed E-state index contributed by atoms with van der Waals surface area (Å²) >= 11 is 0. The van der Waals surface area contributed by atoms with Gasteiger partial charge in [0.15, 0.2) is 0 Å². The Kier molecular flexibility index (Phi) is 6.87. The van der Waals surface area contributed by atoms with Crippen LogP contribution in [0.25, 0.3) is 0 Å². The van der Waals surface area contributed by atoms with E-state index in [2.05, 4.69) is 29.6 Å². The molecule has 0 bridgehead atoms. The molecule has 0 aliphatic rings. The van der Waals surface area contributed by atoms with E-state index in [1.54, 1.807) is 0 Å². The fraction of sp³-hybridized carbons (Fsp3) is 0.750. The second kappa shape index (κ2) is 8.17. The molecule has 126 valence electrons. The predicted octanol–water partition coefficient (Wildman–Crippen LogP) is 2.51. The van der Waals surface area contributed by atoms with Crippen molar-refractivity contribution in [1.82, 2.24) is 20.4 Å². The lowest BCUT2D eigenvalue weighted by molar-refractivity contribution is 0.0521. The van der Waals surface area contributed by atoms with Crippen molar-refractivity contribution in [1.29, 1.82) is 0 Å². The maximum Gasteiger partial charge on any atom is 0.407 e. The van der Waals surface area contributed by atoms with Gasteiger partial charge in [0.05, 0.1) is 6.20 Å². The number of ether oxygens (including phenoxy) is 1. The van der Waals surface area contributed by atoms with Crippen LogP contribution in [0.1, 0.15) is 51.8 Å². The first-order valence-corrected chi connectivity index (χ1v) is 7.90. The second-order valence-corrected chi connectivity index (χ2v) is 6.63. The number of nitrogens with one attached hydrogen (secondary N) is 2. The van der Waals surface area contributed by atoms with Gasteiger partial charge in [-0.1, -0.05) is 13.3 Å². The van der Waals surface area contributed by atoms with Crippen LogP contribution < -0.4 is 10.6 Å². The minimum atomic E-state index is -0.468. The van der Waals surface area contributed by atoms with E-state index in [-0.39, 0.29) is 12.1 Å². The third-order valence-corrected chi connectivity index (χ3v) is 3.45. The van der Waals surface area contributed by atoms with E-state index in [9.17, 15) is 4.79 Å². The smallest absolute Gasteiger partial charge is 0.407 e. The molecule has 0 saturated carbocycles.